The fourth-order valence-corrected chi connectivity index (χ4v) is 1.73. The lowest BCUT2D eigenvalue weighted by Gasteiger charge is -2.03. The summed E-state index contributed by atoms with van der Waals surface area (Å²) in [4.78, 5) is 11.0. The van der Waals surface area contributed by atoms with E-state index < -0.39 is 5.91 Å². The summed E-state index contributed by atoms with van der Waals surface area (Å²) in [6.45, 7) is 2.59. The van der Waals surface area contributed by atoms with Crippen LogP contribution in [0, 0.1) is 0 Å². The van der Waals surface area contributed by atoms with Crippen molar-refractivity contribution >= 4 is 5.91 Å². The minimum absolute atomic E-state index is 0.0778. The zero-order chi connectivity index (χ0) is 13.8. The molecule has 0 bridgehead atoms. The summed E-state index contributed by atoms with van der Waals surface area (Å²) >= 11 is 0. The second-order valence-electron chi connectivity index (χ2n) is 4.42. The van der Waals surface area contributed by atoms with Gasteiger partial charge in [-0.15, -0.1) is 5.10 Å². The lowest BCUT2D eigenvalue weighted by atomic mass is 10.1. The highest BCUT2D eigenvalue weighted by Gasteiger charge is 2.08. The number of hydrogen-bond acceptors (Lipinski definition) is 4. The molecule has 1 amide bonds. The fraction of sp³-hybridized carbons (Fsp3) is 0.308. The van der Waals surface area contributed by atoms with Gasteiger partial charge in [0.05, 0.1) is 24.5 Å². The molecule has 1 aromatic carbocycles. The highest BCUT2D eigenvalue weighted by Crippen LogP contribution is 2.10. The maximum Gasteiger partial charge on any atom is 0.248 e. The summed E-state index contributed by atoms with van der Waals surface area (Å²) < 4.78 is 1.73. The molecule has 1 unspecified atom stereocenters. The zero-order valence-electron chi connectivity index (χ0n) is 10.8. The Balaban J connectivity index is 2.08. The lowest BCUT2D eigenvalue weighted by molar-refractivity contribution is 0.100. The molecule has 0 spiro atoms. The van der Waals surface area contributed by atoms with Crippen molar-refractivity contribution in [1.82, 2.24) is 15.0 Å². The Bertz CT molecular complexity index is 561. The van der Waals surface area contributed by atoms with E-state index in [2.05, 4.69) is 10.3 Å². The molecule has 0 fully saturated rings. The van der Waals surface area contributed by atoms with Crippen molar-refractivity contribution in [2.45, 2.75) is 25.9 Å². The summed E-state index contributed by atoms with van der Waals surface area (Å²) in [5, 5.41) is 8.08. The van der Waals surface area contributed by atoms with E-state index >= 15 is 0 Å². The Morgan fingerprint density at radius 2 is 2.05 bits per heavy atom. The molecule has 0 saturated carbocycles. The summed E-state index contributed by atoms with van der Waals surface area (Å²) in [5.41, 5.74) is 13.4. The molecule has 2 rings (SSSR count). The number of carbonyl (C=O) groups is 1. The highest BCUT2D eigenvalue weighted by molar-refractivity contribution is 5.92. The van der Waals surface area contributed by atoms with Gasteiger partial charge in [-0.2, -0.15) is 0 Å². The smallest absolute Gasteiger partial charge is 0.248 e. The molecule has 0 radical (unpaired) electrons. The fourth-order valence-electron chi connectivity index (χ4n) is 1.73. The normalized spacial score (nSPS) is 12.3. The van der Waals surface area contributed by atoms with Crippen LogP contribution in [0.1, 0.15) is 41.0 Å². The first-order chi connectivity index (χ1) is 9.10. The molecule has 1 heterocycles. The summed E-state index contributed by atoms with van der Waals surface area (Å²) in [7, 11) is 0. The highest BCUT2D eigenvalue weighted by atomic mass is 16.1. The van der Waals surface area contributed by atoms with Gasteiger partial charge in [0.2, 0.25) is 5.91 Å². The van der Waals surface area contributed by atoms with Crippen molar-refractivity contribution in [3.63, 3.8) is 0 Å². The van der Waals surface area contributed by atoms with Gasteiger partial charge in [0.1, 0.15) is 0 Å². The second-order valence-corrected chi connectivity index (χ2v) is 4.42. The van der Waals surface area contributed by atoms with E-state index in [1.165, 1.54) is 0 Å². The van der Waals surface area contributed by atoms with Gasteiger partial charge in [-0.05, 0) is 24.1 Å². The lowest BCUT2D eigenvalue weighted by Crippen LogP contribution is -2.11. The van der Waals surface area contributed by atoms with Crippen molar-refractivity contribution in [2.24, 2.45) is 11.5 Å². The Labute approximate surface area is 111 Å². The van der Waals surface area contributed by atoms with Gasteiger partial charge >= 0.3 is 0 Å². The van der Waals surface area contributed by atoms with Crippen molar-refractivity contribution in [2.75, 3.05) is 0 Å². The van der Waals surface area contributed by atoms with E-state index in [9.17, 15) is 4.79 Å². The zero-order valence-corrected chi connectivity index (χ0v) is 10.8. The van der Waals surface area contributed by atoms with Gasteiger partial charge in [0.25, 0.3) is 0 Å². The third-order valence-electron chi connectivity index (χ3n) is 2.96. The molecule has 0 aliphatic heterocycles. The summed E-state index contributed by atoms with van der Waals surface area (Å²) in [6, 6.07) is 7.02. The summed E-state index contributed by atoms with van der Waals surface area (Å²) in [6.07, 6.45) is 2.67. The molecule has 0 aliphatic rings. The maximum atomic E-state index is 11.0. The number of carbonyl (C=O) groups excluding carboxylic acids is 1. The number of nitrogens with zero attached hydrogens (tertiary/aromatic N) is 3. The van der Waals surface area contributed by atoms with Crippen LogP contribution >= 0.6 is 0 Å². The van der Waals surface area contributed by atoms with Crippen LogP contribution in [0.4, 0.5) is 0 Å². The van der Waals surface area contributed by atoms with Crippen molar-refractivity contribution in [3.05, 3.63) is 47.3 Å². The van der Waals surface area contributed by atoms with Crippen LogP contribution in [0.15, 0.2) is 30.5 Å². The minimum Gasteiger partial charge on any atom is -0.366 e. The van der Waals surface area contributed by atoms with Crippen molar-refractivity contribution in [3.8, 4) is 0 Å². The first-order valence-corrected chi connectivity index (χ1v) is 6.14. The van der Waals surface area contributed by atoms with Gasteiger partial charge in [-0.1, -0.05) is 24.3 Å². The standard InChI is InChI=1S/C13H17N5O/c1-2-11(14)12-8-18(17-16-12)7-9-3-5-10(6-4-9)13(15)19/h3-6,8,11H,2,7,14H2,1H3,(H2,15,19). The Hall–Kier alpha value is -2.21. The molecule has 2 aromatic rings. The van der Waals surface area contributed by atoms with Crippen molar-refractivity contribution < 1.29 is 4.79 Å². The molecule has 0 aliphatic carbocycles. The van der Waals surface area contributed by atoms with Crippen LogP contribution in [0.3, 0.4) is 0 Å². The molecule has 1 atom stereocenters. The number of aromatic nitrogens is 3. The monoisotopic (exact) mass is 259 g/mol. The first-order valence-electron chi connectivity index (χ1n) is 6.14. The largest absolute Gasteiger partial charge is 0.366 e. The van der Waals surface area contributed by atoms with Crippen LogP contribution in [0.5, 0.6) is 0 Å². The average molecular weight is 259 g/mol. The average Bonchev–Trinajstić information content (AvgIpc) is 2.87. The van der Waals surface area contributed by atoms with Crippen LogP contribution in [0.25, 0.3) is 0 Å². The molecule has 6 heteroatoms. The van der Waals surface area contributed by atoms with E-state index in [1.807, 2.05) is 25.3 Å². The van der Waals surface area contributed by atoms with Crippen LogP contribution < -0.4 is 11.5 Å². The predicted molar refractivity (Wildman–Crippen MR) is 71.3 cm³/mol. The number of benzene rings is 1. The maximum absolute atomic E-state index is 11.0. The van der Waals surface area contributed by atoms with E-state index in [0.717, 1.165) is 17.7 Å². The van der Waals surface area contributed by atoms with Gasteiger partial charge < -0.3 is 11.5 Å². The quantitative estimate of drug-likeness (QED) is 0.830. The van der Waals surface area contributed by atoms with Crippen molar-refractivity contribution in [1.29, 1.82) is 0 Å². The molecule has 100 valence electrons. The molecule has 0 saturated heterocycles. The third-order valence-corrected chi connectivity index (χ3v) is 2.96. The van der Waals surface area contributed by atoms with Gasteiger partial charge in [-0.3, -0.25) is 4.79 Å². The van der Waals surface area contributed by atoms with E-state index in [-0.39, 0.29) is 6.04 Å². The Morgan fingerprint density at radius 3 is 2.63 bits per heavy atom. The van der Waals surface area contributed by atoms with Gasteiger partial charge in [-0.25, -0.2) is 4.68 Å². The van der Waals surface area contributed by atoms with Gasteiger partial charge in [0.15, 0.2) is 0 Å². The van der Waals surface area contributed by atoms with Crippen LogP contribution in [-0.2, 0) is 6.54 Å². The molecule has 6 nitrogen and oxygen atoms in total. The molecular weight excluding hydrogens is 242 g/mol. The number of primary amides is 1. The SMILES string of the molecule is CCC(N)c1cn(Cc2ccc(C(N)=O)cc2)nn1. The predicted octanol–water partition coefficient (Wildman–Crippen LogP) is 0.835. The van der Waals surface area contributed by atoms with E-state index in [4.69, 9.17) is 11.5 Å². The summed E-state index contributed by atoms with van der Waals surface area (Å²) in [5.74, 6) is -0.427. The van der Waals surface area contributed by atoms with Gasteiger partial charge in [0, 0.05) is 5.56 Å². The second kappa shape index (κ2) is 5.62. The number of amides is 1. The Morgan fingerprint density at radius 1 is 1.37 bits per heavy atom. The first kappa shape index (κ1) is 13.2. The third kappa shape index (κ3) is 3.17. The number of nitrogens with two attached hydrogens (primary N) is 2. The van der Waals surface area contributed by atoms with E-state index in [1.54, 1.807) is 16.8 Å². The molecule has 19 heavy (non-hydrogen) atoms. The van der Waals surface area contributed by atoms with Crippen LogP contribution in [-0.4, -0.2) is 20.9 Å². The number of hydrogen-bond donors (Lipinski definition) is 2. The molecule has 1 aromatic heterocycles. The number of rotatable bonds is 5. The molecule has 4 N–H and O–H groups in total. The minimum atomic E-state index is -0.427. The molecular formula is C13H17N5O. The van der Waals surface area contributed by atoms with E-state index in [0.29, 0.717) is 12.1 Å². The topological polar surface area (TPSA) is 99.8 Å². The Kier molecular flexibility index (Phi) is 3.91. The van der Waals surface area contributed by atoms with Crippen LogP contribution in [0.2, 0.25) is 0 Å².